The summed E-state index contributed by atoms with van der Waals surface area (Å²) in [4.78, 5) is 12.2. The van der Waals surface area contributed by atoms with Crippen LogP contribution in [0.3, 0.4) is 0 Å². The highest BCUT2D eigenvalue weighted by atomic mass is 32.2. The number of fused-ring (bicyclic) bond motifs is 2. The highest BCUT2D eigenvalue weighted by Gasteiger charge is 2.22. The van der Waals surface area contributed by atoms with E-state index in [1.54, 1.807) is 0 Å². The normalized spacial score (nSPS) is 12.1. The molecular formula is C14H12O7S. The first-order valence-corrected chi connectivity index (χ1v) is 8.28. The molecule has 0 fully saturated rings. The van der Waals surface area contributed by atoms with Crippen LogP contribution in [0.5, 0.6) is 11.5 Å². The molecule has 0 atom stereocenters. The van der Waals surface area contributed by atoms with Crippen molar-refractivity contribution in [1.82, 2.24) is 0 Å². The number of ether oxygens (including phenoxy) is 1. The average molecular weight is 324 g/mol. The molecule has 2 heterocycles. The van der Waals surface area contributed by atoms with Crippen LogP contribution in [0.2, 0.25) is 0 Å². The summed E-state index contributed by atoms with van der Waals surface area (Å²) in [7, 11) is -2.03. The second-order valence-electron chi connectivity index (χ2n) is 4.90. The fourth-order valence-electron chi connectivity index (χ4n) is 2.35. The lowest BCUT2D eigenvalue weighted by molar-refractivity contribution is 0.401. The number of hydrogen-bond acceptors (Lipinski definition) is 7. The van der Waals surface area contributed by atoms with Crippen molar-refractivity contribution in [1.29, 1.82) is 0 Å². The Morgan fingerprint density at radius 1 is 1.32 bits per heavy atom. The van der Waals surface area contributed by atoms with Crippen molar-refractivity contribution in [2.24, 2.45) is 0 Å². The van der Waals surface area contributed by atoms with Crippen LogP contribution < -0.4 is 10.2 Å². The molecule has 0 radical (unpaired) electrons. The lowest BCUT2D eigenvalue weighted by Crippen LogP contribution is -2.07. The Bertz CT molecular complexity index is 1040. The van der Waals surface area contributed by atoms with Gasteiger partial charge in [-0.1, -0.05) is 0 Å². The Kier molecular flexibility index (Phi) is 3.13. The summed E-state index contributed by atoms with van der Waals surface area (Å²) in [5.74, 6) is -0.638. The number of phenolic OH excluding ortho intramolecular Hbond substituents is 1. The SMILES string of the molecule is COc1c2occc2c(O)c2c(=O)cc(CS(C)(=O)=O)oc12. The van der Waals surface area contributed by atoms with Crippen molar-refractivity contribution in [2.75, 3.05) is 13.4 Å². The minimum Gasteiger partial charge on any atom is -0.506 e. The van der Waals surface area contributed by atoms with Gasteiger partial charge in [0.1, 0.15) is 22.6 Å². The van der Waals surface area contributed by atoms with E-state index in [1.807, 2.05) is 0 Å². The number of benzene rings is 1. The molecule has 0 bridgehead atoms. The van der Waals surface area contributed by atoms with Gasteiger partial charge in [0.05, 0.1) is 18.8 Å². The van der Waals surface area contributed by atoms with E-state index in [4.69, 9.17) is 13.6 Å². The van der Waals surface area contributed by atoms with Gasteiger partial charge in [0.25, 0.3) is 0 Å². The van der Waals surface area contributed by atoms with Crippen LogP contribution in [0.4, 0.5) is 0 Å². The zero-order valence-electron chi connectivity index (χ0n) is 11.7. The molecule has 116 valence electrons. The Balaban J connectivity index is 2.46. The van der Waals surface area contributed by atoms with E-state index in [9.17, 15) is 18.3 Å². The molecule has 3 aromatic rings. The molecule has 1 N–H and O–H groups in total. The van der Waals surface area contributed by atoms with Crippen LogP contribution in [0.15, 0.2) is 32.0 Å². The van der Waals surface area contributed by atoms with E-state index < -0.39 is 21.0 Å². The van der Waals surface area contributed by atoms with E-state index in [1.165, 1.54) is 19.4 Å². The van der Waals surface area contributed by atoms with Crippen molar-refractivity contribution >= 4 is 31.8 Å². The van der Waals surface area contributed by atoms with Gasteiger partial charge in [-0.25, -0.2) is 8.42 Å². The molecule has 0 amide bonds. The van der Waals surface area contributed by atoms with Crippen LogP contribution in [-0.2, 0) is 15.6 Å². The molecule has 0 saturated carbocycles. The first-order chi connectivity index (χ1) is 10.3. The lowest BCUT2D eigenvalue weighted by atomic mass is 10.1. The van der Waals surface area contributed by atoms with Gasteiger partial charge in [-0.05, 0) is 6.07 Å². The van der Waals surface area contributed by atoms with E-state index in [2.05, 4.69) is 0 Å². The zero-order chi connectivity index (χ0) is 16.1. The summed E-state index contributed by atoms with van der Waals surface area (Å²) in [5, 5.41) is 10.5. The first-order valence-electron chi connectivity index (χ1n) is 6.22. The summed E-state index contributed by atoms with van der Waals surface area (Å²) in [5.41, 5.74) is -0.389. The maximum absolute atomic E-state index is 12.2. The summed E-state index contributed by atoms with van der Waals surface area (Å²) in [6.45, 7) is 0. The van der Waals surface area contributed by atoms with E-state index in [-0.39, 0.29) is 33.8 Å². The van der Waals surface area contributed by atoms with Gasteiger partial charge in [-0.3, -0.25) is 4.79 Å². The van der Waals surface area contributed by atoms with Crippen LogP contribution in [0.1, 0.15) is 5.76 Å². The molecule has 7 nitrogen and oxygen atoms in total. The highest BCUT2D eigenvalue weighted by Crippen LogP contribution is 2.41. The second-order valence-corrected chi connectivity index (χ2v) is 7.04. The molecule has 0 aliphatic carbocycles. The van der Waals surface area contributed by atoms with Crippen LogP contribution in [0, 0.1) is 0 Å². The van der Waals surface area contributed by atoms with Gasteiger partial charge in [-0.15, -0.1) is 0 Å². The molecule has 0 unspecified atom stereocenters. The van der Waals surface area contributed by atoms with E-state index in [0.717, 1.165) is 12.3 Å². The summed E-state index contributed by atoms with van der Waals surface area (Å²) in [6.07, 6.45) is 2.37. The molecule has 3 rings (SSSR count). The molecule has 2 aromatic heterocycles. The molecule has 1 aromatic carbocycles. The largest absolute Gasteiger partial charge is 0.506 e. The fraction of sp³-hybridized carbons (Fsp3) is 0.214. The molecular weight excluding hydrogens is 312 g/mol. The number of aromatic hydroxyl groups is 1. The van der Waals surface area contributed by atoms with Crippen molar-refractivity contribution < 1.29 is 27.1 Å². The highest BCUT2D eigenvalue weighted by molar-refractivity contribution is 7.89. The standard InChI is InChI=1S/C14H12O7S/c1-19-14-12-8(3-4-20-12)11(16)10-9(15)5-7(21-13(10)14)6-22(2,17)18/h3-5,16H,6H2,1-2H3. The number of methoxy groups -OCH3 is 1. The number of rotatable bonds is 3. The zero-order valence-corrected chi connectivity index (χ0v) is 12.6. The third-order valence-electron chi connectivity index (χ3n) is 3.18. The Morgan fingerprint density at radius 2 is 2.05 bits per heavy atom. The van der Waals surface area contributed by atoms with Crippen LogP contribution >= 0.6 is 0 Å². The van der Waals surface area contributed by atoms with Gasteiger partial charge in [0, 0.05) is 12.3 Å². The van der Waals surface area contributed by atoms with Crippen molar-refractivity contribution in [3.05, 3.63) is 34.4 Å². The van der Waals surface area contributed by atoms with E-state index >= 15 is 0 Å². The van der Waals surface area contributed by atoms with E-state index in [0.29, 0.717) is 5.39 Å². The Labute approximate surface area is 124 Å². The lowest BCUT2D eigenvalue weighted by Gasteiger charge is -2.09. The smallest absolute Gasteiger partial charge is 0.206 e. The topological polar surface area (TPSA) is 107 Å². The van der Waals surface area contributed by atoms with Crippen molar-refractivity contribution in [3.63, 3.8) is 0 Å². The maximum Gasteiger partial charge on any atom is 0.206 e. The van der Waals surface area contributed by atoms with Gasteiger partial charge >= 0.3 is 0 Å². The monoisotopic (exact) mass is 324 g/mol. The van der Waals surface area contributed by atoms with Crippen molar-refractivity contribution in [3.8, 4) is 11.5 Å². The summed E-state index contributed by atoms with van der Waals surface area (Å²) in [6, 6.07) is 2.55. The Morgan fingerprint density at radius 3 is 2.68 bits per heavy atom. The molecule has 22 heavy (non-hydrogen) atoms. The first kappa shape index (κ1) is 14.5. The number of hydrogen-bond donors (Lipinski definition) is 1. The predicted octanol–water partition coefficient (Wildman–Crippen LogP) is 1.80. The molecule has 0 aliphatic heterocycles. The summed E-state index contributed by atoms with van der Waals surface area (Å²) >= 11 is 0. The number of sulfone groups is 1. The van der Waals surface area contributed by atoms with Gasteiger partial charge in [0.15, 0.2) is 26.4 Å². The van der Waals surface area contributed by atoms with Gasteiger partial charge in [-0.2, -0.15) is 0 Å². The Hall–Kier alpha value is -2.48. The summed E-state index contributed by atoms with van der Waals surface area (Å²) < 4.78 is 38.7. The van der Waals surface area contributed by atoms with Crippen molar-refractivity contribution in [2.45, 2.75) is 5.75 Å². The van der Waals surface area contributed by atoms with Gasteiger partial charge < -0.3 is 18.7 Å². The number of phenols is 1. The number of furan rings is 1. The average Bonchev–Trinajstić information content (AvgIpc) is 2.86. The molecule has 8 heteroatoms. The quantitative estimate of drug-likeness (QED) is 0.782. The minimum absolute atomic E-state index is 0.0383. The molecule has 0 saturated heterocycles. The molecule has 0 aliphatic rings. The second kappa shape index (κ2) is 4.77. The minimum atomic E-state index is -3.38. The third kappa shape index (κ3) is 2.21. The maximum atomic E-state index is 12.2. The fourth-order valence-corrected chi connectivity index (χ4v) is 3.01. The van der Waals surface area contributed by atoms with Gasteiger partial charge in [0.2, 0.25) is 5.75 Å². The molecule has 0 spiro atoms. The van der Waals surface area contributed by atoms with Crippen LogP contribution in [0.25, 0.3) is 21.9 Å². The predicted molar refractivity (Wildman–Crippen MR) is 79.0 cm³/mol. The van der Waals surface area contributed by atoms with Crippen LogP contribution in [-0.4, -0.2) is 26.9 Å². The third-order valence-corrected chi connectivity index (χ3v) is 3.99.